The molecule has 0 saturated carbocycles. The minimum Gasteiger partial charge on any atom is -0.477 e. The molecule has 3 heterocycles. The first kappa shape index (κ1) is 15.1. The fourth-order valence-electron chi connectivity index (χ4n) is 2.86. The molecule has 4 N–H and O–H groups in total. The van der Waals surface area contributed by atoms with Gasteiger partial charge in [0.2, 0.25) is 5.91 Å². The van der Waals surface area contributed by atoms with Gasteiger partial charge in [-0.25, -0.2) is 14.8 Å². The zero-order valence-electron chi connectivity index (χ0n) is 13.1. The van der Waals surface area contributed by atoms with Gasteiger partial charge < -0.3 is 20.7 Å². The van der Waals surface area contributed by atoms with Crippen molar-refractivity contribution in [3.05, 3.63) is 42.2 Å². The van der Waals surface area contributed by atoms with Gasteiger partial charge in [-0.15, -0.1) is 0 Å². The zero-order valence-corrected chi connectivity index (χ0v) is 13.1. The smallest absolute Gasteiger partial charge is 0.354 e. The molecule has 0 spiro atoms. The summed E-state index contributed by atoms with van der Waals surface area (Å²) < 4.78 is 0. The van der Waals surface area contributed by atoms with E-state index < -0.39 is 12.0 Å². The molecule has 1 unspecified atom stereocenters. The third-order valence-electron chi connectivity index (χ3n) is 4.13. The lowest BCUT2D eigenvalue weighted by Gasteiger charge is -2.12. The second-order valence-corrected chi connectivity index (χ2v) is 5.82. The van der Waals surface area contributed by atoms with E-state index in [0.29, 0.717) is 30.2 Å². The van der Waals surface area contributed by atoms with E-state index in [9.17, 15) is 14.7 Å². The van der Waals surface area contributed by atoms with Gasteiger partial charge in [0.1, 0.15) is 11.9 Å². The van der Waals surface area contributed by atoms with Gasteiger partial charge in [-0.2, -0.15) is 0 Å². The minimum atomic E-state index is -1.15. The van der Waals surface area contributed by atoms with Gasteiger partial charge in [-0.1, -0.05) is 0 Å². The number of fused-ring (bicyclic) bond motifs is 1. The van der Waals surface area contributed by atoms with Crippen molar-refractivity contribution in [3.8, 4) is 11.4 Å². The van der Waals surface area contributed by atoms with Crippen LogP contribution < -0.4 is 10.6 Å². The average molecular weight is 337 g/mol. The Labute approximate surface area is 142 Å². The quantitative estimate of drug-likeness (QED) is 0.574. The molecule has 1 aliphatic heterocycles. The third-order valence-corrected chi connectivity index (χ3v) is 4.13. The number of amides is 1. The predicted molar refractivity (Wildman–Crippen MR) is 91.3 cm³/mol. The Morgan fingerprint density at radius 2 is 2.12 bits per heavy atom. The highest BCUT2D eigenvalue weighted by atomic mass is 16.4. The van der Waals surface area contributed by atoms with Gasteiger partial charge in [-0.3, -0.25) is 4.79 Å². The van der Waals surface area contributed by atoms with Gasteiger partial charge in [0, 0.05) is 35.3 Å². The summed E-state index contributed by atoms with van der Waals surface area (Å²) in [6.07, 6.45) is 2.45. The van der Waals surface area contributed by atoms with E-state index in [2.05, 4.69) is 25.6 Å². The number of aromatic amines is 1. The van der Waals surface area contributed by atoms with Gasteiger partial charge in [0.25, 0.3) is 0 Å². The van der Waals surface area contributed by atoms with E-state index in [1.807, 2.05) is 30.5 Å². The number of benzene rings is 1. The topological polar surface area (TPSA) is 120 Å². The number of carboxylic acid groups (broad SMARTS) is 1. The van der Waals surface area contributed by atoms with Crippen molar-refractivity contribution in [1.29, 1.82) is 0 Å². The van der Waals surface area contributed by atoms with Crippen LogP contribution in [-0.2, 0) is 4.79 Å². The van der Waals surface area contributed by atoms with Gasteiger partial charge in [0.15, 0.2) is 11.5 Å². The second kappa shape index (κ2) is 5.90. The first-order valence-corrected chi connectivity index (χ1v) is 7.84. The van der Waals surface area contributed by atoms with Gasteiger partial charge in [-0.05, 0) is 30.7 Å². The van der Waals surface area contributed by atoms with Crippen LogP contribution in [0.2, 0.25) is 0 Å². The summed E-state index contributed by atoms with van der Waals surface area (Å²) in [6.45, 7) is 0.588. The standard InChI is InChI=1S/C17H15N5O3/c23-16-12(4-6-19-16)20-14-8-13(17(24)25)21-15(22-14)10-1-2-11-9(7-10)3-5-18-11/h1-3,5,7-8,12,18H,4,6H2,(H,19,23)(H,24,25)(H,20,21,22). The highest BCUT2D eigenvalue weighted by molar-refractivity contribution is 5.89. The van der Waals surface area contributed by atoms with Crippen molar-refractivity contribution in [3.63, 3.8) is 0 Å². The number of rotatable bonds is 4. The summed E-state index contributed by atoms with van der Waals surface area (Å²) in [5, 5.41) is 16.0. The predicted octanol–water partition coefficient (Wildman–Crippen LogP) is 1.62. The number of carbonyl (C=O) groups is 2. The lowest BCUT2D eigenvalue weighted by atomic mass is 10.1. The van der Waals surface area contributed by atoms with Crippen molar-refractivity contribution in [2.75, 3.05) is 11.9 Å². The Morgan fingerprint density at radius 1 is 1.24 bits per heavy atom. The molecule has 25 heavy (non-hydrogen) atoms. The maximum Gasteiger partial charge on any atom is 0.354 e. The van der Waals surface area contributed by atoms with E-state index >= 15 is 0 Å². The molecule has 1 atom stereocenters. The SMILES string of the molecule is O=C(O)c1cc(NC2CCNC2=O)nc(-c2ccc3[nH]ccc3c2)n1. The molecular formula is C17H15N5O3. The number of nitrogens with zero attached hydrogens (tertiary/aromatic N) is 2. The van der Waals surface area contributed by atoms with Crippen molar-refractivity contribution in [1.82, 2.24) is 20.3 Å². The number of nitrogens with one attached hydrogen (secondary N) is 3. The van der Waals surface area contributed by atoms with Crippen LogP contribution in [0.5, 0.6) is 0 Å². The molecule has 1 saturated heterocycles. The van der Waals surface area contributed by atoms with Crippen molar-refractivity contribution in [2.45, 2.75) is 12.5 Å². The molecular weight excluding hydrogens is 322 g/mol. The number of H-pyrrole nitrogens is 1. The number of aromatic carboxylic acids is 1. The zero-order chi connectivity index (χ0) is 17.4. The van der Waals surface area contributed by atoms with Crippen LogP contribution in [0.1, 0.15) is 16.9 Å². The van der Waals surface area contributed by atoms with E-state index in [4.69, 9.17) is 0 Å². The first-order chi connectivity index (χ1) is 12.1. The number of aromatic nitrogens is 3. The number of anilines is 1. The second-order valence-electron chi connectivity index (χ2n) is 5.82. The fourth-order valence-corrected chi connectivity index (χ4v) is 2.86. The Hall–Kier alpha value is -3.42. The Bertz CT molecular complexity index is 981. The van der Waals surface area contributed by atoms with Crippen LogP contribution >= 0.6 is 0 Å². The molecule has 0 bridgehead atoms. The van der Waals surface area contributed by atoms with E-state index in [-0.39, 0.29) is 11.6 Å². The molecule has 4 rings (SSSR count). The Kier molecular flexibility index (Phi) is 3.57. The van der Waals surface area contributed by atoms with Crippen LogP contribution in [0.25, 0.3) is 22.3 Å². The van der Waals surface area contributed by atoms with Crippen molar-refractivity contribution in [2.24, 2.45) is 0 Å². The van der Waals surface area contributed by atoms with Crippen LogP contribution in [0.4, 0.5) is 5.82 Å². The fraction of sp³-hybridized carbons (Fsp3) is 0.176. The normalized spacial score (nSPS) is 16.8. The molecule has 0 aliphatic carbocycles. The van der Waals surface area contributed by atoms with Crippen molar-refractivity contribution >= 4 is 28.6 Å². The maximum absolute atomic E-state index is 11.7. The van der Waals surface area contributed by atoms with Crippen LogP contribution in [0, 0.1) is 0 Å². The number of carboxylic acids is 1. The molecule has 0 radical (unpaired) electrons. The lowest BCUT2D eigenvalue weighted by molar-refractivity contribution is -0.119. The summed E-state index contributed by atoms with van der Waals surface area (Å²) in [4.78, 5) is 34.8. The summed E-state index contributed by atoms with van der Waals surface area (Å²) >= 11 is 0. The molecule has 2 aromatic heterocycles. The third kappa shape index (κ3) is 2.89. The van der Waals surface area contributed by atoms with Crippen LogP contribution in [0.15, 0.2) is 36.5 Å². The van der Waals surface area contributed by atoms with E-state index in [1.165, 1.54) is 6.07 Å². The van der Waals surface area contributed by atoms with E-state index in [0.717, 1.165) is 10.9 Å². The van der Waals surface area contributed by atoms with Gasteiger partial charge >= 0.3 is 5.97 Å². The highest BCUT2D eigenvalue weighted by Crippen LogP contribution is 2.23. The number of carbonyl (C=O) groups excluding carboxylic acids is 1. The summed E-state index contributed by atoms with van der Waals surface area (Å²) in [5.74, 6) is -0.654. The molecule has 1 aromatic carbocycles. The molecule has 126 valence electrons. The first-order valence-electron chi connectivity index (χ1n) is 7.84. The molecule has 1 aliphatic rings. The largest absolute Gasteiger partial charge is 0.477 e. The molecule has 1 amide bonds. The lowest BCUT2D eigenvalue weighted by Crippen LogP contribution is -2.30. The minimum absolute atomic E-state index is 0.120. The Morgan fingerprint density at radius 3 is 2.88 bits per heavy atom. The summed E-state index contributed by atoms with van der Waals surface area (Å²) in [6, 6.07) is 8.44. The number of hydrogen-bond acceptors (Lipinski definition) is 5. The molecule has 3 aromatic rings. The van der Waals surface area contributed by atoms with Crippen LogP contribution in [-0.4, -0.2) is 44.5 Å². The monoisotopic (exact) mass is 337 g/mol. The maximum atomic E-state index is 11.7. The summed E-state index contributed by atoms with van der Waals surface area (Å²) in [5.41, 5.74) is 1.55. The highest BCUT2D eigenvalue weighted by Gasteiger charge is 2.25. The molecule has 8 nitrogen and oxygen atoms in total. The average Bonchev–Trinajstić information content (AvgIpc) is 3.23. The summed E-state index contributed by atoms with van der Waals surface area (Å²) in [7, 11) is 0. The van der Waals surface area contributed by atoms with Crippen molar-refractivity contribution < 1.29 is 14.7 Å². The van der Waals surface area contributed by atoms with E-state index in [1.54, 1.807) is 0 Å². The molecule has 1 fully saturated rings. The Balaban J connectivity index is 1.75. The van der Waals surface area contributed by atoms with Gasteiger partial charge in [0.05, 0.1) is 0 Å². The van der Waals surface area contributed by atoms with Crippen LogP contribution in [0.3, 0.4) is 0 Å². The number of hydrogen-bond donors (Lipinski definition) is 4. The molecule has 8 heteroatoms.